The zero-order chi connectivity index (χ0) is 18.3. The Balaban J connectivity index is 1.42. The number of nitrogens with zero attached hydrogens (tertiary/aromatic N) is 3. The molecule has 2 aliphatic rings. The maximum atomic E-state index is 12.8. The molecule has 1 unspecified atom stereocenters. The number of benzene rings is 1. The summed E-state index contributed by atoms with van der Waals surface area (Å²) in [4.78, 5) is 16.8. The van der Waals surface area contributed by atoms with Gasteiger partial charge in [0.2, 0.25) is 0 Å². The minimum absolute atomic E-state index is 0.0961. The molecular weight excluding hydrogens is 330 g/mol. The lowest BCUT2D eigenvalue weighted by molar-refractivity contribution is 0.00802. The molecule has 2 aliphatic heterocycles. The van der Waals surface area contributed by atoms with E-state index in [0.717, 1.165) is 19.5 Å². The standard InChI is InChI=1S/C20H25N3O3/c1-14-18(15(2)26-21-14)19(24)23-10-8-20(25,13-23)12-22-9-7-16-5-3-4-6-17(16)11-22/h3-6,25H,7-13H2,1-2H3. The van der Waals surface area contributed by atoms with Crippen LogP contribution in [0.2, 0.25) is 0 Å². The number of fused-ring (bicyclic) bond motifs is 1. The van der Waals surface area contributed by atoms with Crippen molar-refractivity contribution in [3.8, 4) is 0 Å². The van der Waals surface area contributed by atoms with E-state index in [0.29, 0.717) is 43.1 Å². The summed E-state index contributed by atoms with van der Waals surface area (Å²) in [6.07, 6.45) is 1.61. The maximum absolute atomic E-state index is 12.8. The number of β-amino-alcohol motifs (C(OH)–C–C–N with tert-alkyl or cyclic N) is 1. The Morgan fingerprint density at radius 2 is 2.04 bits per heavy atom. The highest BCUT2D eigenvalue weighted by Crippen LogP contribution is 2.28. The number of hydrogen-bond acceptors (Lipinski definition) is 5. The van der Waals surface area contributed by atoms with E-state index in [1.807, 2.05) is 0 Å². The predicted molar refractivity (Wildman–Crippen MR) is 96.9 cm³/mol. The third-order valence-electron chi connectivity index (χ3n) is 5.59. The molecule has 1 fully saturated rings. The van der Waals surface area contributed by atoms with Gasteiger partial charge >= 0.3 is 0 Å². The minimum atomic E-state index is -0.860. The van der Waals surface area contributed by atoms with Crippen molar-refractivity contribution in [1.82, 2.24) is 15.0 Å². The summed E-state index contributed by atoms with van der Waals surface area (Å²) in [5.41, 5.74) is 3.01. The second-order valence-corrected chi connectivity index (χ2v) is 7.63. The average Bonchev–Trinajstić information content (AvgIpc) is 3.17. The lowest BCUT2D eigenvalue weighted by Gasteiger charge is -2.34. The van der Waals surface area contributed by atoms with Gasteiger partial charge in [0.25, 0.3) is 5.91 Å². The second kappa shape index (κ2) is 6.52. The van der Waals surface area contributed by atoms with Gasteiger partial charge in [0.1, 0.15) is 11.3 Å². The lowest BCUT2D eigenvalue weighted by Crippen LogP contribution is -2.47. The van der Waals surface area contributed by atoms with Gasteiger partial charge in [-0.3, -0.25) is 9.69 Å². The lowest BCUT2D eigenvalue weighted by atomic mass is 9.97. The predicted octanol–water partition coefficient (Wildman–Crippen LogP) is 1.93. The number of aryl methyl sites for hydroxylation is 2. The molecule has 2 aromatic rings. The molecule has 0 radical (unpaired) electrons. The quantitative estimate of drug-likeness (QED) is 0.911. The molecule has 0 aliphatic carbocycles. The van der Waals surface area contributed by atoms with Crippen LogP contribution in [0.1, 0.15) is 39.4 Å². The first-order valence-electron chi connectivity index (χ1n) is 9.19. The molecule has 0 saturated carbocycles. The summed E-state index contributed by atoms with van der Waals surface area (Å²) >= 11 is 0. The van der Waals surface area contributed by atoms with Crippen molar-refractivity contribution in [2.24, 2.45) is 0 Å². The van der Waals surface area contributed by atoms with E-state index in [4.69, 9.17) is 4.52 Å². The number of hydrogen-bond donors (Lipinski definition) is 1. The summed E-state index contributed by atoms with van der Waals surface area (Å²) in [5, 5.41) is 14.9. The number of aromatic nitrogens is 1. The summed E-state index contributed by atoms with van der Waals surface area (Å²) < 4.78 is 5.11. The third-order valence-corrected chi connectivity index (χ3v) is 5.59. The van der Waals surface area contributed by atoms with Gasteiger partial charge in [-0.15, -0.1) is 0 Å². The van der Waals surface area contributed by atoms with Crippen LogP contribution in [0.15, 0.2) is 28.8 Å². The van der Waals surface area contributed by atoms with Crippen molar-refractivity contribution in [3.05, 3.63) is 52.4 Å². The first-order valence-corrected chi connectivity index (χ1v) is 9.19. The Hall–Kier alpha value is -2.18. The molecular formula is C20H25N3O3. The summed E-state index contributed by atoms with van der Waals surface area (Å²) in [7, 11) is 0. The van der Waals surface area contributed by atoms with E-state index < -0.39 is 5.60 Å². The summed E-state index contributed by atoms with van der Waals surface area (Å²) in [6.45, 7) is 6.83. The fourth-order valence-corrected chi connectivity index (χ4v) is 4.21. The molecule has 3 heterocycles. The Morgan fingerprint density at radius 1 is 1.27 bits per heavy atom. The zero-order valence-electron chi connectivity index (χ0n) is 15.4. The van der Waals surface area contributed by atoms with Crippen molar-refractivity contribution >= 4 is 5.91 Å². The summed E-state index contributed by atoms with van der Waals surface area (Å²) in [6, 6.07) is 8.49. The van der Waals surface area contributed by atoms with Crippen molar-refractivity contribution in [2.45, 2.75) is 38.8 Å². The highest BCUT2D eigenvalue weighted by Gasteiger charge is 2.41. The van der Waals surface area contributed by atoms with Crippen molar-refractivity contribution in [1.29, 1.82) is 0 Å². The molecule has 138 valence electrons. The topological polar surface area (TPSA) is 69.8 Å². The third kappa shape index (κ3) is 3.15. The van der Waals surface area contributed by atoms with Crippen LogP contribution in [0, 0.1) is 13.8 Å². The van der Waals surface area contributed by atoms with Crippen LogP contribution in [-0.2, 0) is 13.0 Å². The molecule has 4 rings (SSSR count). The maximum Gasteiger partial charge on any atom is 0.259 e. The molecule has 1 saturated heterocycles. The van der Waals surface area contributed by atoms with Gasteiger partial charge in [-0.05, 0) is 37.8 Å². The molecule has 26 heavy (non-hydrogen) atoms. The Bertz CT molecular complexity index is 812. The first-order chi connectivity index (χ1) is 12.5. The van der Waals surface area contributed by atoms with Crippen LogP contribution in [0.25, 0.3) is 0 Å². The first kappa shape index (κ1) is 17.2. The molecule has 0 spiro atoms. The van der Waals surface area contributed by atoms with Gasteiger partial charge < -0.3 is 14.5 Å². The molecule has 1 aromatic carbocycles. The van der Waals surface area contributed by atoms with Gasteiger partial charge in [-0.1, -0.05) is 29.4 Å². The van der Waals surface area contributed by atoms with E-state index in [9.17, 15) is 9.90 Å². The number of carbonyl (C=O) groups excluding carboxylic acids is 1. The molecule has 1 N–H and O–H groups in total. The normalized spacial score (nSPS) is 23.3. The smallest absolute Gasteiger partial charge is 0.259 e. The van der Waals surface area contributed by atoms with E-state index in [2.05, 4.69) is 34.3 Å². The number of rotatable bonds is 3. The van der Waals surface area contributed by atoms with Crippen LogP contribution < -0.4 is 0 Å². The largest absolute Gasteiger partial charge is 0.387 e. The van der Waals surface area contributed by atoms with Gasteiger partial charge in [0.05, 0.1) is 17.8 Å². The molecule has 0 bridgehead atoms. The number of aliphatic hydroxyl groups is 1. The van der Waals surface area contributed by atoms with E-state index in [-0.39, 0.29) is 5.91 Å². The van der Waals surface area contributed by atoms with E-state index in [1.165, 1.54) is 11.1 Å². The molecule has 1 atom stereocenters. The van der Waals surface area contributed by atoms with Crippen molar-refractivity contribution in [3.63, 3.8) is 0 Å². The van der Waals surface area contributed by atoms with Gasteiger partial charge in [0, 0.05) is 26.2 Å². The van der Waals surface area contributed by atoms with E-state index in [1.54, 1.807) is 18.7 Å². The number of carbonyl (C=O) groups is 1. The number of likely N-dealkylation sites (tertiary alicyclic amines) is 1. The van der Waals surface area contributed by atoms with Crippen molar-refractivity contribution in [2.75, 3.05) is 26.2 Å². The highest BCUT2D eigenvalue weighted by molar-refractivity contribution is 5.96. The highest BCUT2D eigenvalue weighted by atomic mass is 16.5. The molecule has 1 aromatic heterocycles. The SMILES string of the molecule is Cc1noc(C)c1C(=O)N1CCC(O)(CN2CCc3ccccc3C2)C1. The number of amides is 1. The fourth-order valence-electron chi connectivity index (χ4n) is 4.21. The van der Waals surface area contributed by atoms with Crippen molar-refractivity contribution < 1.29 is 14.4 Å². The van der Waals surface area contributed by atoms with Crippen LogP contribution in [0.3, 0.4) is 0 Å². The monoisotopic (exact) mass is 355 g/mol. The Kier molecular flexibility index (Phi) is 4.32. The van der Waals surface area contributed by atoms with Crippen LogP contribution in [0.5, 0.6) is 0 Å². The van der Waals surface area contributed by atoms with Crippen LogP contribution in [0.4, 0.5) is 0 Å². The summed E-state index contributed by atoms with van der Waals surface area (Å²) in [5.74, 6) is 0.441. The molecule has 6 heteroatoms. The second-order valence-electron chi connectivity index (χ2n) is 7.63. The zero-order valence-corrected chi connectivity index (χ0v) is 15.4. The molecule has 1 amide bonds. The van der Waals surface area contributed by atoms with Gasteiger partial charge in [0.15, 0.2) is 0 Å². The van der Waals surface area contributed by atoms with Gasteiger partial charge in [-0.25, -0.2) is 0 Å². The van der Waals surface area contributed by atoms with Crippen LogP contribution in [-0.4, -0.2) is 57.8 Å². The van der Waals surface area contributed by atoms with E-state index >= 15 is 0 Å². The van der Waals surface area contributed by atoms with Crippen LogP contribution >= 0.6 is 0 Å². The average molecular weight is 355 g/mol. The van der Waals surface area contributed by atoms with Gasteiger partial charge in [-0.2, -0.15) is 0 Å². The Morgan fingerprint density at radius 3 is 2.77 bits per heavy atom. The minimum Gasteiger partial charge on any atom is -0.387 e. The molecule has 6 nitrogen and oxygen atoms in total. The Labute approximate surface area is 153 Å². The fraction of sp³-hybridized carbons (Fsp3) is 0.500.